The molecule has 0 bridgehead atoms. The highest BCUT2D eigenvalue weighted by atomic mass is 32.2. The normalized spacial score (nSPS) is 15.2. The van der Waals surface area contributed by atoms with Crippen LogP contribution in [0.15, 0.2) is 86.3 Å². The van der Waals surface area contributed by atoms with E-state index in [0.717, 1.165) is 0 Å². The Morgan fingerprint density at radius 1 is 0.339 bits per heavy atom. The van der Waals surface area contributed by atoms with Gasteiger partial charge in [-0.05, 0) is 52.1 Å². The number of hydrogen-bond acceptors (Lipinski definition) is 20. The van der Waals surface area contributed by atoms with E-state index in [-0.39, 0.29) is 42.5 Å². The van der Waals surface area contributed by atoms with E-state index in [1.165, 1.54) is 0 Å². The maximum absolute atomic E-state index is 14.7. The maximum Gasteiger partial charge on any atom is 0.380 e. The van der Waals surface area contributed by atoms with E-state index >= 15 is 0 Å². The van der Waals surface area contributed by atoms with E-state index in [4.69, 9.17) is 0 Å². The summed E-state index contributed by atoms with van der Waals surface area (Å²) in [4.78, 5) is 34.3. The molecule has 2 aliphatic carbocycles. The van der Waals surface area contributed by atoms with Gasteiger partial charge in [0.2, 0.25) is 0 Å². The zero-order valence-corrected chi connectivity index (χ0v) is 53.5. The van der Waals surface area contributed by atoms with Gasteiger partial charge >= 0.3 is 96.8 Å². The number of nitrogens with zero attached hydrogens (tertiary/aromatic N) is 4. The lowest BCUT2D eigenvalue weighted by Crippen LogP contribution is -2.59. The predicted molar refractivity (Wildman–Crippen MR) is 284 cm³/mol. The highest BCUT2D eigenvalue weighted by Gasteiger charge is 2.79. The molecule has 0 atom stereocenters. The van der Waals surface area contributed by atoms with Crippen LogP contribution in [0.4, 0.5) is 163 Å². The monoisotopic (exact) mass is 1720 g/mol. The van der Waals surface area contributed by atoms with Crippen molar-refractivity contribution >= 4 is 68.8 Å². The van der Waals surface area contributed by atoms with Gasteiger partial charge in [-0.1, -0.05) is 18.2 Å². The van der Waals surface area contributed by atoms with Crippen molar-refractivity contribution in [3.05, 3.63) is 129 Å². The fourth-order valence-electron chi connectivity index (χ4n) is 9.31. The van der Waals surface area contributed by atoms with Gasteiger partial charge in [0, 0.05) is 30.2 Å². The molecular weight excluding hydrogens is 1700 g/mol. The summed E-state index contributed by atoms with van der Waals surface area (Å²) in [5.74, 6) is -88.5. The molecule has 4 aromatic rings. The molecule has 6 rings (SSSR count). The Morgan fingerprint density at radius 3 is 0.743 bits per heavy atom. The summed E-state index contributed by atoms with van der Waals surface area (Å²) < 4.78 is 568. The third-order valence-corrected chi connectivity index (χ3v) is 19.8. The predicted octanol–water partition coefficient (Wildman–Crippen LogP) is 14.6. The van der Waals surface area contributed by atoms with Crippen molar-refractivity contribution in [2.45, 2.75) is 122 Å². The zero-order chi connectivity index (χ0) is 84.4. The van der Waals surface area contributed by atoms with Crippen LogP contribution in [0, 0.1) is 40.5 Å². The SMILES string of the molecule is O=[N+]([O-])c1cc(S(=O)(=O)OCC(F)(F)C(F)(F)C(F)(F)C(F)F)cc2c1-c1c(cc(S(=O)(=O)OCC(F)(F)C(F)(F)C(F)(F)C(F)F)cc1[N+](=O)[O-])C2=C/C=C\C1c2cc(S(=O)(=O)OCC(F)(F)C(F)(F)C(F)(F)C(F)F)cc([N+](=O)[O-])c2-c2c1cc(S(=O)(=O)OCC(F)(F)C(F)(F)C(F)(F)C(F)F)cc2[N+](=O)[O-]. The first-order valence-electron chi connectivity index (χ1n) is 26.7. The van der Waals surface area contributed by atoms with Crippen molar-refractivity contribution in [2.75, 3.05) is 26.4 Å². The number of nitro benzene ring substituents is 4. The molecule has 2 aliphatic rings. The molecule has 0 saturated carbocycles. The lowest BCUT2D eigenvalue weighted by atomic mass is 9.95. The minimum absolute atomic E-state index is 0.0509. The number of hydrogen-bond donors (Lipinski definition) is 0. The van der Waals surface area contributed by atoms with Gasteiger partial charge in [-0.3, -0.25) is 57.2 Å². The van der Waals surface area contributed by atoms with Gasteiger partial charge in [0.05, 0.1) is 41.9 Å². The Morgan fingerprint density at radius 2 is 0.541 bits per heavy atom. The lowest BCUT2D eigenvalue weighted by molar-refractivity contribution is -0.386. The van der Waals surface area contributed by atoms with Gasteiger partial charge in [0.15, 0.2) is 0 Å². The molecule has 0 spiro atoms. The van der Waals surface area contributed by atoms with Gasteiger partial charge in [-0.25, -0.2) is 35.1 Å². The van der Waals surface area contributed by atoms with Gasteiger partial charge in [0.1, 0.15) is 46.0 Å². The van der Waals surface area contributed by atoms with Gasteiger partial charge in [0.25, 0.3) is 63.2 Å². The van der Waals surface area contributed by atoms with Crippen LogP contribution in [0.1, 0.15) is 28.2 Å². The second-order valence-corrected chi connectivity index (χ2v) is 28.2. The molecule has 0 heterocycles. The van der Waals surface area contributed by atoms with E-state index < -0.39 is 306 Å². The first-order valence-corrected chi connectivity index (χ1v) is 32.3. The smallest absolute Gasteiger partial charge is 0.260 e. The number of rotatable bonds is 34. The van der Waals surface area contributed by atoms with Crippen molar-refractivity contribution in [1.82, 2.24) is 0 Å². The molecule has 109 heavy (non-hydrogen) atoms. The highest BCUT2D eigenvalue weighted by Crippen LogP contribution is 2.59. The Kier molecular flexibility index (Phi) is 23.2. The molecule has 24 nitrogen and oxygen atoms in total. The maximum atomic E-state index is 14.7. The molecule has 0 unspecified atom stereocenters. The topological polar surface area (TPSA) is 346 Å². The Balaban J connectivity index is 1.76. The van der Waals surface area contributed by atoms with Crippen LogP contribution in [0.25, 0.3) is 27.8 Å². The molecule has 0 saturated heterocycles. The largest absolute Gasteiger partial charge is 0.380 e. The minimum Gasteiger partial charge on any atom is -0.260 e. The first-order chi connectivity index (χ1) is 48.7. The van der Waals surface area contributed by atoms with Crippen LogP contribution in [-0.4, -0.2) is 177 Å². The second kappa shape index (κ2) is 28.3. The van der Waals surface area contributed by atoms with E-state index in [1.54, 1.807) is 0 Å². The summed E-state index contributed by atoms with van der Waals surface area (Å²) >= 11 is 0. The van der Waals surface area contributed by atoms with Crippen LogP contribution < -0.4 is 0 Å². The molecule has 60 heteroatoms. The number of benzene rings is 4. The van der Waals surface area contributed by atoms with E-state index in [1.807, 2.05) is 0 Å². The number of nitro groups is 4. The molecule has 608 valence electrons. The summed E-state index contributed by atoms with van der Waals surface area (Å²) in [6, 6.07) is -3.72. The lowest BCUT2D eigenvalue weighted by Gasteiger charge is -2.31. The van der Waals surface area contributed by atoms with Crippen LogP contribution in [0.5, 0.6) is 0 Å². The van der Waals surface area contributed by atoms with Crippen molar-refractivity contribution < 1.29 is 211 Å². The third kappa shape index (κ3) is 15.1. The van der Waals surface area contributed by atoms with Crippen LogP contribution in [0.3, 0.4) is 0 Å². The van der Waals surface area contributed by atoms with Crippen LogP contribution in [-0.2, 0) is 57.2 Å². The first kappa shape index (κ1) is 89.3. The Hall–Kier alpha value is -8.64. The molecule has 0 N–H and O–H groups in total. The Bertz CT molecular complexity index is 4640. The van der Waals surface area contributed by atoms with Gasteiger partial charge < -0.3 is 0 Å². The third-order valence-electron chi connectivity index (χ3n) is 14.9. The average molecular weight is 1720 g/mol. The molecule has 0 aliphatic heterocycles. The highest BCUT2D eigenvalue weighted by molar-refractivity contribution is 7.87. The standard InChI is InChI=1S/C49H24F32N4O20S4/c50-34(51)42(66,67)46(74,75)38(58,59)12-102-106(94,95)16-4-22-20(23-5-17(9-27(83(88)89)31(23)30(22)26(8-16)82(86)87)107(96,97)103-13-39(60,61)47(76,77)43(68,69)35(52)53)2-1-3-21-24-6-18(108(98,99)104-14-40(62,63)48(78,79)44(70,71)36(54)55)10-28(84(90)91)32(24)33-25(21)7-19(11-29(33)85(92)93)109(100,101)105-15-41(64,65)49(80,81)45(72,73)37(56)57/h1-11,20,34-37H,12-15H2/b2-1-. The van der Waals surface area contributed by atoms with Crippen LogP contribution >= 0.6 is 0 Å². The molecule has 4 aromatic carbocycles. The van der Waals surface area contributed by atoms with Gasteiger partial charge in [-0.15, -0.1) is 0 Å². The summed E-state index contributed by atoms with van der Waals surface area (Å²) in [5.41, 5.74) is -23.8. The molecule has 0 radical (unpaired) electrons. The number of allylic oxidation sites excluding steroid dienone is 3. The van der Waals surface area contributed by atoms with Gasteiger partial charge in [-0.2, -0.15) is 139 Å². The fraction of sp³-hybridized carbons (Fsp3) is 0.429. The Labute approximate surface area is 578 Å². The summed E-state index contributed by atoms with van der Waals surface area (Å²) in [5, 5.41) is 51.3. The zero-order valence-electron chi connectivity index (χ0n) is 50.2. The van der Waals surface area contributed by atoms with E-state index in [9.17, 15) is 215 Å². The number of halogens is 32. The summed E-state index contributed by atoms with van der Waals surface area (Å²) in [6.45, 7) is -15.0. The van der Waals surface area contributed by atoms with Crippen LogP contribution in [0.2, 0.25) is 0 Å². The molecule has 0 aromatic heterocycles. The fourth-order valence-corrected chi connectivity index (χ4v) is 13.2. The molecular formula is C49H24F32N4O20S4. The van der Waals surface area contributed by atoms with Crippen molar-refractivity contribution in [1.29, 1.82) is 0 Å². The quantitative estimate of drug-likeness (QED) is 0.0160. The summed E-state index contributed by atoms with van der Waals surface area (Å²) in [7, 11) is -27.3. The van der Waals surface area contributed by atoms with E-state index in [2.05, 4.69) is 16.7 Å². The number of alkyl halides is 32. The minimum atomic E-state index is -7.39. The average Bonchev–Trinajstić information content (AvgIpc) is 1.57. The van der Waals surface area contributed by atoms with Crippen molar-refractivity contribution in [3.8, 4) is 22.3 Å². The van der Waals surface area contributed by atoms with Crippen molar-refractivity contribution in [2.24, 2.45) is 0 Å². The number of fused-ring (bicyclic) bond motifs is 6. The molecule has 0 fully saturated rings. The van der Waals surface area contributed by atoms with Crippen molar-refractivity contribution in [3.63, 3.8) is 0 Å². The van der Waals surface area contributed by atoms with E-state index in [0.29, 0.717) is 0 Å². The summed E-state index contributed by atoms with van der Waals surface area (Å²) in [6.07, 6.45) is -23.2. The molecule has 0 amide bonds. The second-order valence-electron chi connectivity index (χ2n) is 21.7.